The molecule has 1 radical (unpaired) electrons. The summed E-state index contributed by atoms with van der Waals surface area (Å²) < 4.78 is 1.94. The average Bonchev–Trinajstić information content (AvgIpc) is 2.67. The molecule has 1 saturated carbocycles. The number of hydrogen-bond acceptors (Lipinski definition) is 3. The van der Waals surface area contributed by atoms with Crippen molar-refractivity contribution in [3.8, 4) is 0 Å². The Kier molecular flexibility index (Phi) is 2.26. The first-order valence-electron chi connectivity index (χ1n) is 5.94. The second-order valence-electron chi connectivity index (χ2n) is 5.12. The zero-order valence-corrected chi connectivity index (χ0v) is 10.1. The van der Waals surface area contributed by atoms with Crippen LogP contribution in [-0.2, 0) is 0 Å². The van der Waals surface area contributed by atoms with Gasteiger partial charge in [0.25, 0.3) is 0 Å². The van der Waals surface area contributed by atoms with Crippen molar-refractivity contribution in [3.63, 3.8) is 0 Å². The van der Waals surface area contributed by atoms with E-state index < -0.39 is 5.60 Å². The Morgan fingerprint density at radius 1 is 1.47 bits per heavy atom. The molecule has 87 valence electrons. The van der Waals surface area contributed by atoms with E-state index in [1.54, 1.807) is 0 Å². The minimum Gasteiger partial charge on any atom is -0.390 e. The van der Waals surface area contributed by atoms with E-state index in [1.807, 2.05) is 38.1 Å². The summed E-state index contributed by atoms with van der Waals surface area (Å²) in [4.78, 5) is 4.45. The summed E-state index contributed by atoms with van der Waals surface area (Å²) in [6.45, 7) is 3.86. The van der Waals surface area contributed by atoms with Crippen LogP contribution in [-0.4, -0.2) is 32.8 Å². The predicted molar refractivity (Wildman–Crippen MR) is 67.7 cm³/mol. The van der Waals surface area contributed by atoms with E-state index in [0.29, 0.717) is 0 Å². The Labute approximate surface area is 101 Å². The van der Waals surface area contributed by atoms with E-state index in [9.17, 15) is 5.11 Å². The molecule has 2 aromatic heterocycles. The molecule has 1 aliphatic rings. The second kappa shape index (κ2) is 3.57. The lowest BCUT2D eigenvalue weighted by molar-refractivity contribution is -0.0531. The van der Waals surface area contributed by atoms with Gasteiger partial charge in [-0.1, -0.05) is 18.4 Å². The summed E-state index contributed by atoms with van der Waals surface area (Å²) in [6.07, 6.45) is 5.22. The molecule has 0 amide bonds. The van der Waals surface area contributed by atoms with Gasteiger partial charge in [0.15, 0.2) is 5.65 Å². The molecule has 0 atom stereocenters. The van der Waals surface area contributed by atoms with Crippen LogP contribution in [0.15, 0.2) is 18.5 Å². The van der Waals surface area contributed by atoms with E-state index in [0.717, 1.165) is 29.3 Å². The highest BCUT2D eigenvalue weighted by Gasteiger charge is 2.40. The first kappa shape index (κ1) is 10.8. The van der Waals surface area contributed by atoms with Crippen molar-refractivity contribution < 1.29 is 5.11 Å². The molecule has 5 heteroatoms. The molecule has 0 spiro atoms. The van der Waals surface area contributed by atoms with E-state index in [4.69, 9.17) is 0 Å². The third-order valence-electron chi connectivity index (χ3n) is 3.48. The Hall–Kier alpha value is -1.36. The molecule has 17 heavy (non-hydrogen) atoms. The highest BCUT2D eigenvalue weighted by molar-refractivity contribution is 6.52. The summed E-state index contributed by atoms with van der Waals surface area (Å²) in [7, 11) is 2.03. The summed E-state index contributed by atoms with van der Waals surface area (Å²) in [5, 5.41) is 15.2. The van der Waals surface area contributed by atoms with Gasteiger partial charge < -0.3 is 5.11 Å². The van der Waals surface area contributed by atoms with Gasteiger partial charge in [-0.05, 0) is 19.8 Å². The summed E-state index contributed by atoms with van der Waals surface area (Å²) in [6, 6.07) is 2.37. The lowest BCUT2D eigenvalue weighted by Crippen LogP contribution is -2.42. The maximum atomic E-state index is 9.77. The van der Waals surface area contributed by atoms with Crippen LogP contribution in [0.2, 0.25) is 6.82 Å². The largest absolute Gasteiger partial charge is 0.390 e. The van der Waals surface area contributed by atoms with Gasteiger partial charge >= 0.3 is 0 Å². The molecule has 1 fully saturated rings. The minimum absolute atomic E-state index is 0.284. The van der Waals surface area contributed by atoms with Crippen LogP contribution in [0.25, 0.3) is 11.0 Å². The Morgan fingerprint density at radius 3 is 2.88 bits per heavy atom. The van der Waals surface area contributed by atoms with Crippen molar-refractivity contribution in [2.75, 3.05) is 0 Å². The zero-order chi connectivity index (χ0) is 12.0. The van der Waals surface area contributed by atoms with Gasteiger partial charge in [-0.2, -0.15) is 5.10 Å². The predicted octanol–water partition coefficient (Wildman–Crippen LogP) is 0.895. The van der Waals surface area contributed by atoms with Gasteiger partial charge in [0, 0.05) is 11.6 Å². The molecule has 2 heterocycles. The fraction of sp³-hybridized carbons (Fsp3) is 0.500. The zero-order valence-electron chi connectivity index (χ0n) is 10.1. The Morgan fingerprint density at radius 2 is 2.24 bits per heavy atom. The highest BCUT2D eigenvalue weighted by atomic mass is 16.3. The van der Waals surface area contributed by atoms with Crippen LogP contribution in [0.5, 0.6) is 0 Å². The monoisotopic (exact) mass is 228 g/mol. The molecule has 0 bridgehead atoms. The molecule has 0 aromatic carbocycles. The van der Waals surface area contributed by atoms with E-state index in [-0.39, 0.29) is 6.04 Å². The Balaban J connectivity index is 1.96. The number of aromatic nitrogens is 3. The van der Waals surface area contributed by atoms with E-state index in [2.05, 4.69) is 16.1 Å². The van der Waals surface area contributed by atoms with E-state index >= 15 is 0 Å². The molecule has 0 unspecified atom stereocenters. The number of rotatable bonds is 2. The van der Waals surface area contributed by atoms with Crippen molar-refractivity contribution in [1.29, 1.82) is 0 Å². The summed E-state index contributed by atoms with van der Waals surface area (Å²) in [5.41, 5.74) is 1.49. The standard InChI is InChI=1S/C12H15BN3O/c1-12(17)4-10(5-12)16-11-8(6-15-16)3-9(13-2)7-14-11/h3,6-7,10,17H,4-5H2,1-2H3. The molecule has 0 saturated heterocycles. The fourth-order valence-corrected chi connectivity index (χ4v) is 2.51. The molecular weight excluding hydrogens is 213 g/mol. The molecule has 2 aromatic rings. The maximum Gasteiger partial charge on any atom is 0.157 e. The van der Waals surface area contributed by atoms with Crippen LogP contribution in [0.1, 0.15) is 25.8 Å². The molecule has 3 rings (SSSR count). The quantitative estimate of drug-likeness (QED) is 0.776. The van der Waals surface area contributed by atoms with Crippen molar-refractivity contribution in [1.82, 2.24) is 14.8 Å². The first-order valence-corrected chi connectivity index (χ1v) is 5.94. The van der Waals surface area contributed by atoms with Crippen LogP contribution in [0.3, 0.4) is 0 Å². The van der Waals surface area contributed by atoms with Gasteiger partial charge in [0.1, 0.15) is 7.28 Å². The molecule has 0 aliphatic heterocycles. The van der Waals surface area contributed by atoms with Crippen LogP contribution in [0.4, 0.5) is 0 Å². The summed E-state index contributed by atoms with van der Waals surface area (Å²) >= 11 is 0. The van der Waals surface area contributed by atoms with E-state index in [1.165, 1.54) is 0 Å². The number of aliphatic hydroxyl groups is 1. The first-order chi connectivity index (χ1) is 8.09. The normalized spacial score (nSPS) is 28.1. The van der Waals surface area contributed by atoms with Crippen LogP contribution >= 0.6 is 0 Å². The maximum absolute atomic E-state index is 9.77. The van der Waals surface area contributed by atoms with Gasteiger partial charge in [-0.3, -0.25) is 0 Å². The van der Waals surface area contributed by atoms with Crippen LogP contribution < -0.4 is 5.46 Å². The minimum atomic E-state index is -0.528. The molecular formula is C12H15BN3O. The number of nitrogens with zero attached hydrogens (tertiary/aromatic N) is 3. The van der Waals surface area contributed by atoms with Crippen LogP contribution in [0, 0.1) is 0 Å². The number of pyridine rings is 1. The number of fused-ring (bicyclic) bond motifs is 1. The van der Waals surface area contributed by atoms with Crippen molar-refractivity contribution in [2.45, 2.75) is 38.2 Å². The average molecular weight is 228 g/mol. The van der Waals surface area contributed by atoms with Crippen molar-refractivity contribution >= 4 is 23.8 Å². The third kappa shape index (κ3) is 1.74. The highest BCUT2D eigenvalue weighted by Crippen LogP contribution is 2.41. The Bertz CT molecular complexity index is 556. The lowest BCUT2D eigenvalue weighted by atomic mass is 9.74. The van der Waals surface area contributed by atoms with Crippen molar-refractivity contribution in [2.24, 2.45) is 0 Å². The van der Waals surface area contributed by atoms with Gasteiger partial charge in [0.2, 0.25) is 0 Å². The molecule has 1 N–H and O–H groups in total. The van der Waals surface area contributed by atoms with Crippen molar-refractivity contribution in [3.05, 3.63) is 18.5 Å². The number of hydrogen-bond donors (Lipinski definition) is 1. The fourth-order valence-electron chi connectivity index (χ4n) is 2.51. The molecule has 4 nitrogen and oxygen atoms in total. The smallest absolute Gasteiger partial charge is 0.157 e. The van der Waals surface area contributed by atoms with Gasteiger partial charge in [-0.15, -0.1) is 0 Å². The van der Waals surface area contributed by atoms with Gasteiger partial charge in [-0.25, -0.2) is 9.67 Å². The second-order valence-corrected chi connectivity index (χ2v) is 5.12. The summed E-state index contributed by atoms with van der Waals surface area (Å²) in [5.74, 6) is 0. The lowest BCUT2D eigenvalue weighted by Gasteiger charge is -2.40. The molecule has 1 aliphatic carbocycles. The van der Waals surface area contributed by atoms with Gasteiger partial charge in [0.05, 0.1) is 17.8 Å². The third-order valence-corrected chi connectivity index (χ3v) is 3.48. The SMILES string of the molecule is C[B]c1cnc2c(cnn2C2CC(C)(O)C2)c1. The topological polar surface area (TPSA) is 50.9 Å².